The van der Waals surface area contributed by atoms with E-state index in [9.17, 15) is 0 Å². The van der Waals surface area contributed by atoms with Crippen LogP contribution in [-0.2, 0) is 21.7 Å². The Morgan fingerprint density at radius 2 is 0.629 bits per heavy atom. The average Bonchev–Trinajstić information content (AvgIpc) is 3.90. The van der Waals surface area contributed by atoms with Crippen LogP contribution < -0.4 is 11.5 Å². The Morgan fingerprint density at radius 1 is 0.323 bits per heavy atom. The summed E-state index contributed by atoms with van der Waals surface area (Å²) in [7, 11) is 0. The van der Waals surface area contributed by atoms with E-state index >= 15 is 0 Å². The Morgan fingerprint density at radius 3 is 0.984 bits per heavy atom. The Labute approximate surface area is 361 Å². The van der Waals surface area contributed by atoms with Gasteiger partial charge in [0.25, 0.3) is 0 Å². The fourth-order valence-electron chi connectivity index (χ4n) is 7.94. The summed E-state index contributed by atoms with van der Waals surface area (Å²) in [4.78, 5) is 47.0. The lowest BCUT2D eigenvalue weighted by molar-refractivity contribution is 0.590. The maximum Gasteiger partial charge on any atom is 0.224 e. The van der Waals surface area contributed by atoms with E-state index in [-0.39, 0.29) is 33.6 Å². The maximum atomic E-state index is 6.77. The monoisotopic (exact) mass is 822 g/mol. The summed E-state index contributed by atoms with van der Waals surface area (Å²) in [6, 6.07) is 25.2. The quantitative estimate of drug-likeness (QED) is 0.115. The van der Waals surface area contributed by atoms with Gasteiger partial charge in [-0.2, -0.15) is 19.9 Å². The van der Waals surface area contributed by atoms with Crippen LogP contribution >= 0.6 is 0 Å². The van der Waals surface area contributed by atoms with E-state index in [1.165, 1.54) is 0 Å². The summed E-state index contributed by atoms with van der Waals surface area (Å²) >= 11 is 0. The topological polar surface area (TPSA) is 187 Å². The fraction of sp³-hybridized carbons (Fsp3) is 0.320. The summed E-state index contributed by atoms with van der Waals surface area (Å²) in [5, 5.41) is 3.41. The molecule has 2 aliphatic heterocycles. The van der Waals surface area contributed by atoms with Gasteiger partial charge >= 0.3 is 0 Å². The summed E-state index contributed by atoms with van der Waals surface area (Å²) in [6.45, 7) is 26.2. The third-order valence-corrected chi connectivity index (χ3v) is 11.8. The number of hydrogen-bond acceptors (Lipinski definition) is 10. The minimum absolute atomic E-state index is 0.0287. The molecule has 0 unspecified atom stereocenters. The molecule has 0 saturated heterocycles. The average molecular weight is 823 g/mol. The van der Waals surface area contributed by atoms with Gasteiger partial charge in [-0.1, -0.05) is 132 Å². The van der Waals surface area contributed by atoms with E-state index in [0.717, 1.165) is 66.1 Å². The van der Waals surface area contributed by atoms with Crippen LogP contribution in [0.15, 0.2) is 72.8 Å². The van der Waals surface area contributed by atoms with Crippen molar-refractivity contribution in [1.29, 1.82) is 0 Å². The maximum absolute atomic E-state index is 6.77. The van der Waals surface area contributed by atoms with E-state index in [1.54, 1.807) is 0 Å². The van der Waals surface area contributed by atoms with Crippen molar-refractivity contribution in [2.24, 2.45) is 0 Å². The highest BCUT2D eigenvalue weighted by atomic mass is 15.1. The smallest absolute Gasteiger partial charge is 0.224 e. The third-order valence-electron chi connectivity index (χ3n) is 11.8. The highest BCUT2D eigenvalue weighted by Gasteiger charge is 2.26. The van der Waals surface area contributed by atoms with Crippen LogP contribution in [0.2, 0.25) is 0 Å². The number of benzene rings is 4. The molecule has 12 heteroatoms. The van der Waals surface area contributed by atoms with E-state index in [4.69, 9.17) is 51.3 Å². The van der Waals surface area contributed by atoms with Crippen LogP contribution in [-0.4, -0.2) is 49.8 Å². The molecule has 5 heterocycles. The van der Waals surface area contributed by atoms with Gasteiger partial charge in [-0.25, -0.2) is 19.9 Å². The van der Waals surface area contributed by atoms with Gasteiger partial charge in [0.1, 0.15) is 22.6 Å². The molecule has 2 aliphatic rings. The largest absolute Gasteiger partial charge is 0.368 e. The summed E-state index contributed by atoms with van der Waals surface area (Å²) in [5.74, 6) is 1.85. The molecule has 4 aromatic carbocycles. The Bertz CT molecular complexity index is 3040. The van der Waals surface area contributed by atoms with E-state index in [1.807, 2.05) is 12.1 Å². The second kappa shape index (κ2) is 13.9. The fourth-order valence-corrected chi connectivity index (χ4v) is 7.94. The first-order chi connectivity index (χ1) is 29.0. The molecule has 12 nitrogen and oxygen atoms in total. The van der Waals surface area contributed by atoms with Crippen molar-refractivity contribution < 1.29 is 0 Å². The minimum Gasteiger partial charge on any atom is -0.368 e. The van der Waals surface area contributed by atoms with Gasteiger partial charge in [0.05, 0.1) is 0 Å². The van der Waals surface area contributed by atoms with Crippen LogP contribution in [0.1, 0.15) is 105 Å². The lowest BCUT2D eigenvalue weighted by atomic mass is 9.85. The molecular weight excluding hydrogens is 769 g/mol. The number of nitrogens with one attached hydrogen (secondary N) is 2. The summed E-state index contributed by atoms with van der Waals surface area (Å²) in [6.07, 6.45) is 0. The van der Waals surface area contributed by atoms with Crippen LogP contribution in [0.5, 0.6) is 0 Å². The third kappa shape index (κ3) is 7.26. The zero-order valence-electron chi connectivity index (χ0n) is 37.7. The van der Waals surface area contributed by atoms with Gasteiger partial charge < -0.3 is 21.4 Å². The highest BCUT2D eigenvalue weighted by Crippen LogP contribution is 2.40. The number of nitrogen functional groups attached to an aromatic ring is 2. The molecule has 0 amide bonds. The molecule has 0 spiro atoms. The van der Waals surface area contributed by atoms with Gasteiger partial charge in [0.15, 0.2) is 23.3 Å². The van der Waals surface area contributed by atoms with Crippen LogP contribution in [0.25, 0.3) is 89.7 Å². The van der Waals surface area contributed by atoms with Crippen molar-refractivity contribution >= 4 is 56.0 Å². The number of rotatable bonds is 0. The van der Waals surface area contributed by atoms with Crippen molar-refractivity contribution in [3.8, 4) is 45.6 Å². The van der Waals surface area contributed by atoms with Crippen molar-refractivity contribution in [1.82, 2.24) is 49.8 Å². The standard InChI is InChI=1S/C50H54N12/c1-47(2,3)25-15-19-31-33(21-25)41-53-37-29-17-13-27(49(7,8)9)23-35(29)43(55-37)62-46(52)60-40-32-20-16-26(48(4,5)6)22-34(32)42(58-40)54-38-30-18-14-28(50(10,11)12)24-36(30)44(56-38)61-45(51)59-39(31)57-41/h13-24H,1-12H3,(H6,51,52,53,54,55,56,57,58,59,60,61,62). The molecule has 0 radical (unpaired) electrons. The normalized spacial score (nSPS) is 13.0. The van der Waals surface area contributed by atoms with Crippen LogP contribution in [0.3, 0.4) is 0 Å². The Kier molecular flexibility index (Phi) is 9.07. The molecule has 62 heavy (non-hydrogen) atoms. The van der Waals surface area contributed by atoms with Crippen molar-refractivity contribution in [3.63, 3.8) is 0 Å². The second-order valence-corrected chi connectivity index (χ2v) is 20.6. The number of aromatic nitrogens is 10. The van der Waals surface area contributed by atoms with E-state index < -0.39 is 0 Å². The van der Waals surface area contributed by atoms with E-state index in [2.05, 4.69) is 154 Å². The van der Waals surface area contributed by atoms with Crippen molar-refractivity contribution in [2.45, 2.75) is 105 Å². The number of H-pyrrole nitrogens is 2. The Balaban J connectivity index is 1.44. The molecule has 314 valence electrons. The summed E-state index contributed by atoms with van der Waals surface area (Å²) < 4.78 is 0. The number of anilines is 2. The van der Waals surface area contributed by atoms with Gasteiger partial charge in [0, 0.05) is 43.8 Å². The summed E-state index contributed by atoms with van der Waals surface area (Å²) in [5.41, 5.74) is 23.0. The molecule has 9 rings (SSSR count). The minimum atomic E-state index is -0.129. The lowest BCUT2D eigenvalue weighted by Gasteiger charge is -2.19. The Hall–Kier alpha value is -6.82. The number of nitrogens with two attached hydrogens (primary N) is 2. The zero-order valence-corrected chi connectivity index (χ0v) is 37.7. The number of nitrogens with zero attached hydrogens (tertiary/aromatic N) is 8. The predicted octanol–water partition coefficient (Wildman–Crippen LogP) is 11.1. The molecule has 0 fully saturated rings. The molecule has 6 N–H and O–H groups in total. The van der Waals surface area contributed by atoms with Crippen LogP contribution in [0.4, 0.5) is 11.9 Å². The van der Waals surface area contributed by atoms with Crippen molar-refractivity contribution in [3.05, 3.63) is 95.1 Å². The molecule has 8 bridgehead atoms. The first-order valence-electron chi connectivity index (χ1n) is 21.1. The SMILES string of the molecule is CC(C)(C)c1ccc2c(c1)-c1nc-2nc(N)nc2[nH]c(nc3nc(nc(N)nc4[nH]c(n1)c1ccc(C(C)(C)C)cc41)-c1ccc(C(C)(C)C)cc1-3)c1ccc(C(C)(C)C)cc21. The molecule has 3 aromatic heterocycles. The number of hydrogen-bond donors (Lipinski definition) is 4. The molecule has 7 aromatic rings. The molecular formula is C50H54N12. The first-order valence-corrected chi connectivity index (χ1v) is 21.1. The van der Waals surface area contributed by atoms with Gasteiger partial charge in [-0.15, -0.1) is 0 Å². The van der Waals surface area contributed by atoms with Crippen molar-refractivity contribution in [2.75, 3.05) is 11.5 Å². The van der Waals surface area contributed by atoms with Gasteiger partial charge in [-0.3, -0.25) is 0 Å². The zero-order chi connectivity index (χ0) is 44.3. The molecule has 0 atom stereocenters. The first kappa shape index (κ1) is 40.6. The molecule has 0 aliphatic carbocycles. The molecule has 0 saturated carbocycles. The van der Waals surface area contributed by atoms with E-state index in [0.29, 0.717) is 45.9 Å². The van der Waals surface area contributed by atoms with Gasteiger partial charge in [-0.05, 0) is 68.2 Å². The number of aromatic amines is 2. The van der Waals surface area contributed by atoms with Crippen LogP contribution in [0, 0.1) is 0 Å². The number of fused-ring (bicyclic) bond motifs is 20. The van der Waals surface area contributed by atoms with Gasteiger partial charge in [0.2, 0.25) is 11.9 Å². The predicted molar refractivity (Wildman–Crippen MR) is 253 cm³/mol. The highest BCUT2D eigenvalue weighted by molar-refractivity contribution is 6.06. The second-order valence-electron chi connectivity index (χ2n) is 20.6. The lowest BCUT2D eigenvalue weighted by Crippen LogP contribution is -2.10.